The highest BCUT2D eigenvalue weighted by Crippen LogP contribution is 2.20. The molecular formula is C12H11NO6S. The zero-order valence-electron chi connectivity index (χ0n) is 10.4. The van der Waals surface area contributed by atoms with Crippen LogP contribution in [0, 0.1) is 0 Å². The molecule has 0 unspecified atom stereocenters. The summed E-state index contributed by atoms with van der Waals surface area (Å²) in [6.45, 7) is 0. The van der Waals surface area contributed by atoms with Crippen LogP contribution >= 0.6 is 0 Å². The highest BCUT2D eigenvalue weighted by Gasteiger charge is 2.20. The van der Waals surface area contributed by atoms with Crippen molar-refractivity contribution in [3.63, 3.8) is 0 Å². The molecule has 0 atom stereocenters. The van der Waals surface area contributed by atoms with Crippen LogP contribution in [0.4, 0.5) is 0 Å². The van der Waals surface area contributed by atoms with Gasteiger partial charge in [0, 0.05) is 6.07 Å². The smallest absolute Gasteiger partial charge is 0.358 e. The summed E-state index contributed by atoms with van der Waals surface area (Å²) in [5.74, 6) is -1.23. The average Bonchev–Trinajstić information content (AvgIpc) is 2.87. The number of carboxylic acid groups (broad SMARTS) is 1. The quantitative estimate of drug-likeness (QED) is 0.887. The number of hydrogen-bond donors (Lipinski definition) is 1. The predicted octanol–water partition coefficient (Wildman–Crippen LogP) is 1.36. The van der Waals surface area contributed by atoms with Gasteiger partial charge in [-0.15, -0.1) is 0 Å². The van der Waals surface area contributed by atoms with E-state index in [1.165, 1.54) is 31.4 Å². The van der Waals surface area contributed by atoms with Gasteiger partial charge in [0.05, 0.1) is 12.0 Å². The lowest BCUT2D eigenvalue weighted by Crippen LogP contribution is -2.04. The van der Waals surface area contributed by atoms with Crippen molar-refractivity contribution in [2.24, 2.45) is 0 Å². The first-order chi connectivity index (χ1) is 9.42. The minimum Gasteiger partial charge on any atom is -0.497 e. The number of aromatic nitrogens is 1. The number of aromatic carboxylic acids is 1. The maximum Gasteiger partial charge on any atom is 0.358 e. The van der Waals surface area contributed by atoms with E-state index < -0.39 is 21.6 Å². The lowest BCUT2D eigenvalue weighted by atomic mass is 10.3. The van der Waals surface area contributed by atoms with E-state index in [9.17, 15) is 13.2 Å². The molecule has 8 heteroatoms. The standard InChI is InChI=1S/C12H11NO6S/c1-18-8-2-4-10(5-3-8)20(16,17)7-9-6-11(12(14)15)13-19-9/h2-6H,7H2,1H3,(H,14,15). The van der Waals surface area contributed by atoms with E-state index in [0.29, 0.717) is 5.75 Å². The van der Waals surface area contributed by atoms with Gasteiger partial charge in [0.25, 0.3) is 0 Å². The number of nitrogens with zero attached hydrogens (tertiary/aromatic N) is 1. The molecule has 0 spiro atoms. The summed E-state index contributed by atoms with van der Waals surface area (Å²) in [7, 11) is -2.16. The van der Waals surface area contributed by atoms with Crippen molar-refractivity contribution in [2.45, 2.75) is 10.6 Å². The van der Waals surface area contributed by atoms with Crippen molar-refractivity contribution >= 4 is 15.8 Å². The number of benzene rings is 1. The molecule has 0 saturated carbocycles. The molecule has 0 fully saturated rings. The number of hydrogen-bond acceptors (Lipinski definition) is 6. The Balaban J connectivity index is 2.23. The Labute approximate surface area is 114 Å². The van der Waals surface area contributed by atoms with Crippen molar-refractivity contribution in [1.29, 1.82) is 0 Å². The third-order valence-corrected chi connectivity index (χ3v) is 4.18. The second-order valence-electron chi connectivity index (χ2n) is 3.92. The molecule has 0 radical (unpaired) electrons. The van der Waals surface area contributed by atoms with Crippen molar-refractivity contribution in [1.82, 2.24) is 5.16 Å². The monoisotopic (exact) mass is 297 g/mol. The van der Waals surface area contributed by atoms with Crippen LogP contribution in [0.1, 0.15) is 16.2 Å². The summed E-state index contributed by atoms with van der Waals surface area (Å²) < 4.78 is 33.8. The van der Waals surface area contributed by atoms with E-state index in [-0.39, 0.29) is 16.3 Å². The van der Waals surface area contributed by atoms with E-state index >= 15 is 0 Å². The molecule has 0 saturated heterocycles. The SMILES string of the molecule is COc1ccc(S(=O)(=O)Cc2cc(C(=O)O)no2)cc1. The summed E-state index contributed by atoms with van der Waals surface area (Å²) >= 11 is 0. The Morgan fingerprint density at radius 1 is 1.35 bits per heavy atom. The fraction of sp³-hybridized carbons (Fsp3) is 0.167. The Morgan fingerprint density at radius 2 is 2.00 bits per heavy atom. The number of ether oxygens (including phenoxy) is 1. The van der Waals surface area contributed by atoms with Gasteiger partial charge in [0.1, 0.15) is 11.5 Å². The summed E-state index contributed by atoms with van der Waals surface area (Å²) in [6.07, 6.45) is 0. The van der Waals surface area contributed by atoms with Gasteiger partial charge in [-0.25, -0.2) is 13.2 Å². The van der Waals surface area contributed by atoms with Crippen molar-refractivity contribution in [3.8, 4) is 5.75 Å². The molecule has 1 aromatic heterocycles. The number of sulfone groups is 1. The molecular weight excluding hydrogens is 286 g/mol. The number of rotatable bonds is 5. The summed E-state index contributed by atoms with van der Waals surface area (Å²) in [6, 6.07) is 6.95. The van der Waals surface area contributed by atoms with Crippen LogP contribution in [0.2, 0.25) is 0 Å². The first-order valence-corrected chi connectivity index (χ1v) is 7.13. The van der Waals surface area contributed by atoms with Crippen LogP contribution in [0.15, 0.2) is 39.8 Å². The maximum atomic E-state index is 12.1. The number of carboxylic acids is 1. The van der Waals surface area contributed by atoms with Gasteiger partial charge in [-0.3, -0.25) is 0 Å². The highest BCUT2D eigenvalue weighted by atomic mass is 32.2. The van der Waals surface area contributed by atoms with Crippen LogP contribution in [0.25, 0.3) is 0 Å². The Bertz CT molecular complexity index is 717. The van der Waals surface area contributed by atoms with Crippen molar-refractivity contribution < 1.29 is 27.6 Å². The maximum absolute atomic E-state index is 12.1. The third kappa shape index (κ3) is 2.97. The first kappa shape index (κ1) is 14.1. The predicted molar refractivity (Wildman–Crippen MR) is 67.3 cm³/mol. The Kier molecular flexibility index (Phi) is 3.75. The lowest BCUT2D eigenvalue weighted by Gasteiger charge is -2.03. The molecule has 20 heavy (non-hydrogen) atoms. The fourth-order valence-electron chi connectivity index (χ4n) is 1.54. The Morgan fingerprint density at radius 3 is 2.50 bits per heavy atom. The molecule has 2 rings (SSSR count). The highest BCUT2D eigenvalue weighted by molar-refractivity contribution is 7.90. The molecule has 0 aliphatic heterocycles. The van der Waals surface area contributed by atoms with Gasteiger partial charge in [0.15, 0.2) is 21.3 Å². The number of methoxy groups -OCH3 is 1. The van der Waals surface area contributed by atoms with Gasteiger partial charge in [-0.2, -0.15) is 0 Å². The third-order valence-electron chi connectivity index (χ3n) is 2.53. The summed E-state index contributed by atoms with van der Waals surface area (Å²) in [5, 5.41) is 11.9. The molecule has 106 valence electrons. The summed E-state index contributed by atoms with van der Waals surface area (Å²) in [4.78, 5) is 10.7. The lowest BCUT2D eigenvalue weighted by molar-refractivity contribution is 0.0685. The van der Waals surface area contributed by atoms with Crippen LogP contribution < -0.4 is 4.74 Å². The van der Waals surface area contributed by atoms with Crippen LogP contribution in [0.3, 0.4) is 0 Å². The fourth-order valence-corrected chi connectivity index (χ4v) is 2.76. The minimum atomic E-state index is -3.63. The van der Waals surface area contributed by atoms with Crippen molar-refractivity contribution in [3.05, 3.63) is 41.8 Å². The van der Waals surface area contributed by atoms with E-state index in [1.807, 2.05) is 0 Å². The summed E-state index contributed by atoms with van der Waals surface area (Å²) in [5.41, 5.74) is -0.329. The van der Waals surface area contributed by atoms with Crippen molar-refractivity contribution in [2.75, 3.05) is 7.11 Å². The van der Waals surface area contributed by atoms with E-state index in [2.05, 4.69) is 5.16 Å². The largest absolute Gasteiger partial charge is 0.497 e. The van der Waals surface area contributed by atoms with Gasteiger partial charge in [0.2, 0.25) is 0 Å². The topological polar surface area (TPSA) is 107 Å². The van der Waals surface area contributed by atoms with E-state index in [1.54, 1.807) is 0 Å². The molecule has 0 bridgehead atoms. The zero-order valence-corrected chi connectivity index (χ0v) is 11.3. The second-order valence-corrected chi connectivity index (χ2v) is 5.91. The average molecular weight is 297 g/mol. The van der Waals surface area contributed by atoms with E-state index in [4.69, 9.17) is 14.4 Å². The second kappa shape index (κ2) is 5.33. The molecule has 1 N–H and O–H groups in total. The molecule has 0 aliphatic rings. The van der Waals surface area contributed by atoms with E-state index in [0.717, 1.165) is 6.07 Å². The molecule has 0 amide bonds. The van der Waals surface area contributed by atoms with Gasteiger partial charge >= 0.3 is 5.97 Å². The molecule has 0 aliphatic carbocycles. The minimum absolute atomic E-state index is 0.0294. The molecule has 1 aromatic carbocycles. The molecule has 1 heterocycles. The van der Waals surface area contributed by atoms with Crippen LogP contribution in [-0.4, -0.2) is 31.8 Å². The number of carbonyl (C=O) groups is 1. The zero-order chi connectivity index (χ0) is 14.8. The first-order valence-electron chi connectivity index (χ1n) is 5.48. The van der Waals surface area contributed by atoms with Crippen LogP contribution in [0.5, 0.6) is 5.75 Å². The molecule has 7 nitrogen and oxygen atoms in total. The van der Waals surface area contributed by atoms with Gasteiger partial charge < -0.3 is 14.4 Å². The van der Waals surface area contributed by atoms with Gasteiger partial charge in [-0.05, 0) is 24.3 Å². The van der Waals surface area contributed by atoms with Crippen LogP contribution in [-0.2, 0) is 15.6 Å². The normalized spacial score (nSPS) is 11.2. The van der Waals surface area contributed by atoms with Gasteiger partial charge in [-0.1, -0.05) is 5.16 Å². The Hall–Kier alpha value is -2.35. The molecule has 2 aromatic rings.